The SMILES string of the molecule is Cc1nnc(CN=C(NCCc2cccs2)NCC2CCCOC2C(C)(C)C)n1C.I. The van der Waals surface area contributed by atoms with Crippen molar-refractivity contribution in [3.63, 3.8) is 0 Å². The van der Waals surface area contributed by atoms with E-state index in [0.29, 0.717) is 12.5 Å². The fraction of sp³-hybridized carbons (Fsp3) is 0.682. The summed E-state index contributed by atoms with van der Waals surface area (Å²) >= 11 is 1.79. The van der Waals surface area contributed by atoms with Crippen LogP contribution in [0.4, 0.5) is 0 Å². The van der Waals surface area contributed by atoms with Crippen LogP contribution in [0.3, 0.4) is 0 Å². The standard InChI is InChI=1S/C22H36N6OS.HI/c1-16-26-27-19(28(16)5)15-25-21(23-11-10-18-9-7-13-30-18)24-14-17-8-6-12-29-20(17)22(2,3)4;/h7,9,13,17,20H,6,8,10-12,14-15H2,1-5H3,(H2,23,24,25);1H. The zero-order chi connectivity index (χ0) is 21.6. The zero-order valence-corrected chi connectivity index (χ0v) is 22.5. The molecule has 174 valence electrons. The van der Waals surface area contributed by atoms with E-state index in [0.717, 1.165) is 50.1 Å². The molecule has 7 nitrogen and oxygen atoms in total. The Kier molecular flexibility index (Phi) is 10.2. The van der Waals surface area contributed by atoms with Crippen LogP contribution in [0.1, 0.15) is 50.1 Å². The minimum absolute atomic E-state index is 0. The quantitative estimate of drug-likeness (QED) is 0.305. The van der Waals surface area contributed by atoms with Gasteiger partial charge in [0.1, 0.15) is 12.4 Å². The highest BCUT2D eigenvalue weighted by atomic mass is 127. The van der Waals surface area contributed by atoms with Gasteiger partial charge in [0.2, 0.25) is 0 Å². The highest BCUT2D eigenvalue weighted by Crippen LogP contribution is 2.33. The summed E-state index contributed by atoms with van der Waals surface area (Å²) in [6, 6.07) is 4.27. The first-order valence-electron chi connectivity index (χ1n) is 10.9. The summed E-state index contributed by atoms with van der Waals surface area (Å²) in [6.45, 7) is 11.8. The van der Waals surface area contributed by atoms with E-state index in [4.69, 9.17) is 9.73 Å². The lowest BCUT2D eigenvalue weighted by atomic mass is 9.78. The second-order valence-electron chi connectivity index (χ2n) is 9.08. The summed E-state index contributed by atoms with van der Waals surface area (Å²) in [5.74, 6) is 3.05. The molecule has 0 saturated carbocycles. The Bertz CT molecular complexity index is 815. The van der Waals surface area contributed by atoms with E-state index < -0.39 is 0 Å². The minimum Gasteiger partial charge on any atom is -0.377 e. The minimum atomic E-state index is 0. The number of hydrogen-bond donors (Lipinski definition) is 2. The number of aryl methyl sites for hydroxylation is 1. The Hall–Kier alpha value is -1.20. The van der Waals surface area contributed by atoms with Crippen molar-refractivity contribution in [1.29, 1.82) is 0 Å². The Morgan fingerprint density at radius 2 is 2.13 bits per heavy atom. The van der Waals surface area contributed by atoms with Crippen LogP contribution in [0, 0.1) is 18.3 Å². The molecule has 1 fully saturated rings. The van der Waals surface area contributed by atoms with Crippen molar-refractivity contribution in [2.75, 3.05) is 19.7 Å². The van der Waals surface area contributed by atoms with Crippen LogP contribution >= 0.6 is 35.3 Å². The molecule has 2 aromatic rings. The highest BCUT2D eigenvalue weighted by molar-refractivity contribution is 14.0. The van der Waals surface area contributed by atoms with Gasteiger partial charge in [0.05, 0.1) is 6.10 Å². The summed E-state index contributed by atoms with van der Waals surface area (Å²) in [5, 5.41) is 17.6. The number of hydrogen-bond acceptors (Lipinski definition) is 5. The molecule has 0 radical (unpaired) electrons. The van der Waals surface area contributed by atoms with Gasteiger partial charge < -0.3 is 19.9 Å². The van der Waals surface area contributed by atoms with Gasteiger partial charge in [-0.05, 0) is 43.0 Å². The second kappa shape index (κ2) is 12.2. The zero-order valence-electron chi connectivity index (χ0n) is 19.4. The fourth-order valence-corrected chi connectivity index (χ4v) is 4.62. The van der Waals surface area contributed by atoms with E-state index in [2.05, 4.69) is 59.1 Å². The number of ether oxygens (including phenoxy) is 1. The Labute approximate surface area is 207 Å². The number of thiophene rings is 1. The first-order chi connectivity index (χ1) is 14.3. The third-order valence-corrected chi connectivity index (χ3v) is 6.57. The lowest BCUT2D eigenvalue weighted by Gasteiger charge is -2.40. The first-order valence-corrected chi connectivity index (χ1v) is 11.7. The molecular weight excluding hydrogens is 523 g/mol. The number of halogens is 1. The molecule has 3 heterocycles. The maximum atomic E-state index is 6.14. The molecule has 0 spiro atoms. The van der Waals surface area contributed by atoms with Gasteiger partial charge in [-0.25, -0.2) is 4.99 Å². The van der Waals surface area contributed by atoms with Gasteiger partial charge in [0.25, 0.3) is 0 Å². The molecule has 31 heavy (non-hydrogen) atoms. The van der Waals surface area contributed by atoms with Crippen LogP contribution in [0.25, 0.3) is 0 Å². The van der Waals surface area contributed by atoms with Crippen LogP contribution in [-0.4, -0.2) is 46.5 Å². The fourth-order valence-electron chi connectivity index (χ4n) is 3.91. The van der Waals surface area contributed by atoms with Crippen LogP contribution in [-0.2, 0) is 24.8 Å². The van der Waals surface area contributed by atoms with Gasteiger partial charge in [-0.2, -0.15) is 0 Å². The molecule has 2 aromatic heterocycles. The van der Waals surface area contributed by atoms with Crippen LogP contribution in [0.5, 0.6) is 0 Å². The second-order valence-corrected chi connectivity index (χ2v) is 10.1. The van der Waals surface area contributed by atoms with Gasteiger partial charge >= 0.3 is 0 Å². The number of aliphatic imine (C=N–C) groups is 1. The van der Waals surface area contributed by atoms with Crippen molar-refractivity contribution in [3.8, 4) is 0 Å². The number of nitrogens with one attached hydrogen (secondary N) is 2. The van der Waals surface area contributed by atoms with Gasteiger partial charge in [-0.15, -0.1) is 45.5 Å². The Morgan fingerprint density at radius 3 is 2.77 bits per heavy atom. The Balaban J connectivity index is 0.00000341. The summed E-state index contributed by atoms with van der Waals surface area (Å²) in [7, 11) is 1.98. The lowest BCUT2D eigenvalue weighted by molar-refractivity contribution is -0.0835. The molecule has 3 rings (SSSR count). The van der Waals surface area contributed by atoms with Gasteiger partial charge in [-0.1, -0.05) is 26.8 Å². The van der Waals surface area contributed by atoms with E-state index in [1.165, 1.54) is 11.3 Å². The molecule has 2 unspecified atom stereocenters. The topological polar surface area (TPSA) is 76.4 Å². The van der Waals surface area contributed by atoms with E-state index in [1.807, 2.05) is 18.5 Å². The van der Waals surface area contributed by atoms with E-state index >= 15 is 0 Å². The lowest BCUT2D eigenvalue weighted by Crippen LogP contribution is -2.47. The smallest absolute Gasteiger partial charge is 0.191 e. The maximum Gasteiger partial charge on any atom is 0.191 e. The molecule has 2 N–H and O–H groups in total. The van der Waals surface area contributed by atoms with E-state index in [9.17, 15) is 0 Å². The molecule has 9 heteroatoms. The van der Waals surface area contributed by atoms with Crippen molar-refractivity contribution in [2.45, 2.75) is 59.6 Å². The summed E-state index contributed by atoms with van der Waals surface area (Å²) in [6.07, 6.45) is 3.54. The number of guanidine groups is 1. The average Bonchev–Trinajstić information content (AvgIpc) is 3.34. The summed E-state index contributed by atoms with van der Waals surface area (Å²) in [4.78, 5) is 6.17. The van der Waals surface area contributed by atoms with E-state index in [1.54, 1.807) is 11.3 Å². The molecule has 0 bridgehead atoms. The average molecular weight is 561 g/mol. The predicted octanol–water partition coefficient (Wildman–Crippen LogP) is 3.92. The van der Waals surface area contributed by atoms with Gasteiger partial charge in [0, 0.05) is 37.5 Å². The largest absolute Gasteiger partial charge is 0.377 e. The van der Waals surface area contributed by atoms with Crippen LogP contribution < -0.4 is 10.6 Å². The maximum absolute atomic E-state index is 6.14. The first kappa shape index (κ1) is 26.1. The van der Waals surface area contributed by atoms with Gasteiger partial charge in [0.15, 0.2) is 11.8 Å². The summed E-state index contributed by atoms with van der Waals surface area (Å²) < 4.78 is 8.13. The molecule has 1 aliphatic rings. The molecule has 0 aliphatic carbocycles. The van der Waals surface area contributed by atoms with Crippen molar-refractivity contribution in [1.82, 2.24) is 25.4 Å². The third-order valence-electron chi connectivity index (χ3n) is 5.64. The number of nitrogens with zero attached hydrogens (tertiary/aromatic N) is 4. The van der Waals surface area contributed by atoms with Crippen molar-refractivity contribution in [3.05, 3.63) is 34.0 Å². The number of aromatic nitrogens is 3. The molecule has 2 atom stereocenters. The summed E-state index contributed by atoms with van der Waals surface area (Å²) in [5.41, 5.74) is 0.132. The van der Waals surface area contributed by atoms with E-state index in [-0.39, 0.29) is 35.5 Å². The number of rotatable bonds is 7. The molecule has 0 aromatic carbocycles. The van der Waals surface area contributed by atoms with Crippen molar-refractivity contribution in [2.24, 2.45) is 23.4 Å². The monoisotopic (exact) mass is 560 g/mol. The molecular formula is C22H37IN6OS. The highest BCUT2D eigenvalue weighted by Gasteiger charge is 2.35. The Morgan fingerprint density at radius 1 is 1.32 bits per heavy atom. The normalized spacial score (nSPS) is 19.7. The molecule has 0 amide bonds. The molecule has 1 saturated heterocycles. The van der Waals surface area contributed by atoms with Crippen molar-refractivity contribution >= 4 is 41.3 Å². The van der Waals surface area contributed by atoms with Crippen LogP contribution in [0.15, 0.2) is 22.5 Å². The third kappa shape index (κ3) is 7.71. The predicted molar refractivity (Wildman–Crippen MR) is 138 cm³/mol. The van der Waals surface area contributed by atoms with Crippen LogP contribution in [0.2, 0.25) is 0 Å². The molecule has 1 aliphatic heterocycles. The van der Waals surface area contributed by atoms with Gasteiger partial charge in [-0.3, -0.25) is 0 Å². The van der Waals surface area contributed by atoms with Crippen molar-refractivity contribution < 1.29 is 4.74 Å².